The van der Waals surface area contributed by atoms with Crippen molar-refractivity contribution >= 4 is 10.8 Å². The first-order valence-electron chi connectivity index (χ1n) is 4.97. The summed E-state index contributed by atoms with van der Waals surface area (Å²) in [5.41, 5.74) is 5.66. The van der Waals surface area contributed by atoms with E-state index in [0.29, 0.717) is 12.0 Å². The molecule has 3 N–H and O–H groups in total. The highest BCUT2D eigenvalue weighted by molar-refractivity contribution is 7.84. The summed E-state index contributed by atoms with van der Waals surface area (Å²) < 4.78 is 10.8. The normalized spacial score (nSPS) is 30.6. The summed E-state index contributed by atoms with van der Waals surface area (Å²) >= 11 is 0. The fraction of sp³-hybridized carbons (Fsp3) is 1.00. The Balaban J connectivity index is 2.16. The monoisotopic (exact) mass is 204 g/mol. The molecule has 4 heteroatoms. The van der Waals surface area contributed by atoms with Crippen molar-refractivity contribution in [2.75, 3.05) is 25.1 Å². The van der Waals surface area contributed by atoms with Crippen molar-refractivity contribution in [3.63, 3.8) is 0 Å². The molecule has 0 bridgehead atoms. The molecule has 1 rings (SSSR count). The first-order valence-corrected chi connectivity index (χ1v) is 6.70. The first-order chi connectivity index (χ1) is 6.24. The van der Waals surface area contributed by atoms with Crippen molar-refractivity contribution < 1.29 is 4.21 Å². The van der Waals surface area contributed by atoms with Crippen LogP contribution in [0.15, 0.2) is 0 Å². The molecule has 3 nitrogen and oxygen atoms in total. The zero-order valence-corrected chi connectivity index (χ0v) is 9.11. The molecule has 1 aliphatic carbocycles. The minimum atomic E-state index is -0.672. The Morgan fingerprint density at radius 3 is 2.92 bits per heavy atom. The van der Waals surface area contributed by atoms with E-state index in [4.69, 9.17) is 5.73 Å². The van der Waals surface area contributed by atoms with Crippen molar-refractivity contribution in [3.05, 3.63) is 0 Å². The molecule has 0 aliphatic heterocycles. The van der Waals surface area contributed by atoms with Crippen LogP contribution in [0, 0.1) is 5.92 Å². The van der Waals surface area contributed by atoms with E-state index in [0.717, 1.165) is 18.8 Å². The van der Waals surface area contributed by atoms with Crippen LogP contribution < -0.4 is 11.1 Å². The molecule has 1 fully saturated rings. The van der Waals surface area contributed by atoms with Gasteiger partial charge in [-0.3, -0.25) is 4.21 Å². The lowest BCUT2D eigenvalue weighted by Crippen LogP contribution is -2.37. The standard InChI is InChI=1S/C9H20N2OS/c1-13(12)6-5-11-9-4-2-3-8(9)7-10/h8-9,11H,2-7,10H2,1H3. The maximum absolute atomic E-state index is 10.8. The van der Waals surface area contributed by atoms with Crippen molar-refractivity contribution in [1.29, 1.82) is 0 Å². The van der Waals surface area contributed by atoms with E-state index >= 15 is 0 Å². The summed E-state index contributed by atoms with van der Waals surface area (Å²) in [6, 6.07) is 0.577. The quantitative estimate of drug-likeness (QED) is 0.667. The Morgan fingerprint density at radius 1 is 1.54 bits per heavy atom. The van der Waals surface area contributed by atoms with Crippen LogP contribution in [0.3, 0.4) is 0 Å². The second-order valence-corrected chi connectivity index (χ2v) is 5.32. The van der Waals surface area contributed by atoms with Crippen LogP contribution in [0.2, 0.25) is 0 Å². The molecule has 0 saturated heterocycles. The highest BCUT2D eigenvalue weighted by Crippen LogP contribution is 2.24. The van der Waals surface area contributed by atoms with Gasteiger partial charge in [-0.1, -0.05) is 6.42 Å². The van der Waals surface area contributed by atoms with E-state index < -0.39 is 10.8 Å². The first kappa shape index (κ1) is 11.1. The Morgan fingerprint density at radius 2 is 2.31 bits per heavy atom. The Kier molecular flexibility index (Phi) is 4.91. The van der Waals surface area contributed by atoms with Gasteiger partial charge in [0.25, 0.3) is 0 Å². The number of nitrogens with one attached hydrogen (secondary N) is 1. The SMILES string of the molecule is CS(=O)CCNC1CCCC1CN. The van der Waals surface area contributed by atoms with Crippen LogP contribution in [0.5, 0.6) is 0 Å². The molecule has 0 amide bonds. The van der Waals surface area contributed by atoms with Gasteiger partial charge in [0.15, 0.2) is 0 Å². The maximum Gasteiger partial charge on any atom is 0.0357 e. The second kappa shape index (κ2) is 5.73. The molecule has 0 radical (unpaired) electrons. The molecular formula is C9H20N2OS. The Labute approximate surface area is 82.9 Å². The molecule has 1 saturated carbocycles. The van der Waals surface area contributed by atoms with Gasteiger partial charge in [0.05, 0.1) is 0 Å². The van der Waals surface area contributed by atoms with Gasteiger partial charge in [0.1, 0.15) is 0 Å². The zero-order valence-electron chi connectivity index (χ0n) is 8.29. The molecule has 0 aromatic rings. The average Bonchev–Trinajstić information content (AvgIpc) is 2.51. The molecular weight excluding hydrogens is 184 g/mol. The highest BCUT2D eigenvalue weighted by Gasteiger charge is 2.24. The average molecular weight is 204 g/mol. The molecule has 13 heavy (non-hydrogen) atoms. The van der Waals surface area contributed by atoms with E-state index in [9.17, 15) is 4.21 Å². The summed E-state index contributed by atoms with van der Waals surface area (Å²) in [7, 11) is -0.672. The predicted molar refractivity (Wildman–Crippen MR) is 57.1 cm³/mol. The van der Waals surface area contributed by atoms with Gasteiger partial charge in [-0.05, 0) is 25.3 Å². The second-order valence-electron chi connectivity index (χ2n) is 3.76. The van der Waals surface area contributed by atoms with Crippen molar-refractivity contribution in [2.24, 2.45) is 11.7 Å². The van der Waals surface area contributed by atoms with Gasteiger partial charge in [-0.15, -0.1) is 0 Å². The van der Waals surface area contributed by atoms with E-state index in [1.54, 1.807) is 6.26 Å². The van der Waals surface area contributed by atoms with Crippen LogP contribution >= 0.6 is 0 Å². The third-order valence-corrected chi connectivity index (χ3v) is 3.54. The summed E-state index contributed by atoms with van der Waals surface area (Å²) in [6.07, 6.45) is 5.52. The van der Waals surface area contributed by atoms with Gasteiger partial charge < -0.3 is 11.1 Å². The number of hydrogen-bond acceptors (Lipinski definition) is 3. The summed E-state index contributed by atoms with van der Waals surface area (Å²) in [5.74, 6) is 1.40. The predicted octanol–water partition coefficient (Wildman–Crippen LogP) is 0.0819. The van der Waals surface area contributed by atoms with Crippen LogP contribution in [0.4, 0.5) is 0 Å². The van der Waals surface area contributed by atoms with Crippen molar-refractivity contribution in [2.45, 2.75) is 25.3 Å². The molecule has 0 heterocycles. The number of rotatable bonds is 5. The minimum absolute atomic E-state index is 0.577. The largest absolute Gasteiger partial charge is 0.330 e. The summed E-state index contributed by atoms with van der Waals surface area (Å²) in [4.78, 5) is 0. The molecule has 0 aromatic carbocycles. The fourth-order valence-electron chi connectivity index (χ4n) is 1.98. The van der Waals surface area contributed by atoms with Crippen molar-refractivity contribution in [3.8, 4) is 0 Å². The van der Waals surface area contributed by atoms with Crippen molar-refractivity contribution in [1.82, 2.24) is 5.32 Å². The minimum Gasteiger partial charge on any atom is -0.330 e. The number of hydrogen-bond donors (Lipinski definition) is 2. The number of nitrogens with two attached hydrogens (primary N) is 1. The third kappa shape index (κ3) is 3.75. The summed E-state index contributed by atoms with van der Waals surface area (Å²) in [5, 5.41) is 3.44. The smallest absolute Gasteiger partial charge is 0.0357 e. The molecule has 0 spiro atoms. The highest BCUT2D eigenvalue weighted by atomic mass is 32.2. The van der Waals surface area contributed by atoms with Crippen LogP contribution in [-0.2, 0) is 10.8 Å². The van der Waals surface area contributed by atoms with E-state index in [1.807, 2.05) is 0 Å². The van der Waals surface area contributed by atoms with Gasteiger partial charge in [0.2, 0.25) is 0 Å². The maximum atomic E-state index is 10.8. The van der Waals surface area contributed by atoms with Crippen LogP contribution in [0.25, 0.3) is 0 Å². The van der Waals surface area contributed by atoms with Gasteiger partial charge in [-0.25, -0.2) is 0 Å². The Bertz CT molecular complexity index is 175. The van der Waals surface area contributed by atoms with E-state index in [2.05, 4.69) is 5.32 Å². The topological polar surface area (TPSA) is 55.1 Å². The molecule has 0 aromatic heterocycles. The molecule has 3 unspecified atom stereocenters. The van der Waals surface area contributed by atoms with Gasteiger partial charge >= 0.3 is 0 Å². The lowest BCUT2D eigenvalue weighted by molar-refractivity contribution is 0.417. The van der Waals surface area contributed by atoms with E-state index in [1.165, 1.54) is 19.3 Å². The van der Waals surface area contributed by atoms with Crippen LogP contribution in [0.1, 0.15) is 19.3 Å². The zero-order chi connectivity index (χ0) is 9.68. The lowest BCUT2D eigenvalue weighted by atomic mass is 10.0. The van der Waals surface area contributed by atoms with Gasteiger partial charge in [-0.2, -0.15) is 0 Å². The molecule has 3 atom stereocenters. The van der Waals surface area contributed by atoms with E-state index in [-0.39, 0.29) is 0 Å². The summed E-state index contributed by atoms with van der Waals surface area (Å²) in [6.45, 7) is 1.65. The molecule has 78 valence electrons. The third-order valence-electron chi connectivity index (χ3n) is 2.76. The fourth-order valence-corrected chi connectivity index (χ4v) is 2.38. The van der Waals surface area contributed by atoms with Crippen LogP contribution in [-0.4, -0.2) is 35.3 Å². The molecule has 1 aliphatic rings. The lowest BCUT2D eigenvalue weighted by Gasteiger charge is -2.18. The van der Waals surface area contributed by atoms with Gasteiger partial charge in [0, 0.05) is 35.4 Å². The Hall–Kier alpha value is 0.0700.